The van der Waals surface area contributed by atoms with Crippen LogP contribution in [-0.2, 0) is 14.1 Å². The first kappa shape index (κ1) is 14.6. The minimum atomic E-state index is -0.328. The van der Waals surface area contributed by atoms with Crippen molar-refractivity contribution in [2.24, 2.45) is 14.1 Å². The Bertz CT molecular complexity index is 1020. The molecule has 3 aromatic rings. The van der Waals surface area contributed by atoms with Gasteiger partial charge in [0.1, 0.15) is 6.07 Å². The number of fused-ring (bicyclic) bond motifs is 1. The van der Waals surface area contributed by atoms with Crippen molar-refractivity contribution in [3.8, 4) is 6.07 Å². The van der Waals surface area contributed by atoms with E-state index in [0.717, 1.165) is 5.52 Å². The number of imidazole rings is 1. The van der Waals surface area contributed by atoms with Crippen LogP contribution >= 0.6 is 0 Å². The molecule has 0 bridgehead atoms. The van der Waals surface area contributed by atoms with Crippen LogP contribution < -0.4 is 11.0 Å². The van der Waals surface area contributed by atoms with E-state index < -0.39 is 0 Å². The fourth-order valence-electron chi connectivity index (χ4n) is 2.53. The van der Waals surface area contributed by atoms with E-state index in [1.165, 1.54) is 9.13 Å². The number of carbonyl (C=O) groups excluding carboxylic acids is 1. The molecule has 0 aliphatic rings. The maximum atomic E-state index is 12.4. The highest BCUT2D eigenvalue weighted by molar-refractivity contribution is 6.06. The number of aryl methyl sites for hydroxylation is 2. The fourth-order valence-corrected chi connectivity index (χ4v) is 2.53. The van der Waals surface area contributed by atoms with Crippen LogP contribution in [-0.4, -0.2) is 15.0 Å². The number of nitrogens with zero attached hydrogens (tertiary/aromatic N) is 3. The quantitative estimate of drug-likeness (QED) is 0.786. The molecule has 1 amide bonds. The van der Waals surface area contributed by atoms with Crippen molar-refractivity contribution in [2.75, 3.05) is 5.32 Å². The van der Waals surface area contributed by atoms with Crippen LogP contribution in [0.1, 0.15) is 15.9 Å². The minimum absolute atomic E-state index is 0.146. The Morgan fingerprint density at radius 1 is 1.09 bits per heavy atom. The maximum absolute atomic E-state index is 12.4. The number of amides is 1. The molecular formula is C17H14N4O2. The molecule has 114 valence electrons. The van der Waals surface area contributed by atoms with Gasteiger partial charge in [-0.1, -0.05) is 12.1 Å². The predicted molar refractivity (Wildman–Crippen MR) is 87.3 cm³/mol. The van der Waals surface area contributed by atoms with Gasteiger partial charge in [0, 0.05) is 19.7 Å². The molecule has 2 aromatic carbocycles. The van der Waals surface area contributed by atoms with Gasteiger partial charge >= 0.3 is 5.69 Å². The molecule has 1 aromatic heterocycles. The third kappa shape index (κ3) is 2.38. The SMILES string of the molecule is Cn1c(=O)n(C)c2cc(C(=O)Nc3ccccc3C#N)ccc21. The van der Waals surface area contributed by atoms with Gasteiger partial charge < -0.3 is 5.32 Å². The van der Waals surface area contributed by atoms with E-state index in [2.05, 4.69) is 5.32 Å². The van der Waals surface area contributed by atoms with Gasteiger partial charge in [-0.05, 0) is 30.3 Å². The van der Waals surface area contributed by atoms with Gasteiger partial charge in [-0.15, -0.1) is 0 Å². The van der Waals surface area contributed by atoms with Crippen molar-refractivity contribution in [3.63, 3.8) is 0 Å². The Kier molecular flexibility index (Phi) is 3.47. The molecule has 23 heavy (non-hydrogen) atoms. The molecule has 0 spiro atoms. The van der Waals surface area contributed by atoms with Crippen LogP contribution in [0.15, 0.2) is 47.3 Å². The predicted octanol–water partition coefficient (Wildman–Crippen LogP) is 2.00. The summed E-state index contributed by atoms with van der Waals surface area (Å²) in [7, 11) is 3.35. The first-order valence-corrected chi connectivity index (χ1v) is 6.99. The summed E-state index contributed by atoms with van der Waals surface area (Å²) in [6.07, 6.45) is 0. The molecule has 0 aliphatic carbocycles. The van der Waals surface area contributed by atoms with Crippen LogP contribution in [0.25, 0.3) is 11.0 Å². The molecule has 0 saturated heterocycles. The molecule has 0 aliphatic heterocycles. The van der Waals surface area contributed by atoms with E-state index in [-0.39, 0.29) is 11.6 Å². The monoisotopic (exact) mass is 306 g/mol. The number of nitriles is 1. The average molecular weight is 306 g/mol. The zero-order valence-corrected chi connectivity index (χ0v) is 12.7. The topological polar surface area (TPSA) is 79.8 Å². The van der Waals surface area contributed by atoms with E-state index in [0.29, 0.717) is 22.3 Å². The van der Waals surface area contributed by atoms with Crippen LogP contribution in [0.5, 0.6) is 0 Å². The van der Waals surface area contributed by atoms with Crippen molar-refractivity contribution in [1.29, 1.82) is 5.26 Å². The van der Waals surface area contributed by atoms with Gasteiger partial charge in [-0.2, -0.15) is 5.26 Å². The van der Waals surface area contributed by atoms with Crippen LogP contribution in [0.2, 0.25) is 0 Å². The molecule has 1 heterocycles. The summed E-state index contributed by atoms with van der Waals surface area (Å²) in [5.41, 5.74) is 2.57. The molecule has 0 atom stereocenters. The summed E-state index contributed by atoms with van der Waals surface area (Å²) in [6, 6.07) is 13.9. The van der Waals surface area contributed by atoms with E-state index in [4.69, 9.17) is 5.26 Å². The van der Waals surface area contributed by atoms with Crippen molar-refractivity contribution in [1.82, 2.24) is 9.13 Å². The lowest BCUT2D eigenvalue weighted by Crippen LogP contribution is -2.19. The number of nitrogens with one attached hydrogen (secondary N) is 1. The summed E-state index contributed by atoms with van der Waals surface area (Å²) in [4.78, 5) is 24.3. The van der Waals surface area contributed by atoms with Crippen LogP contribution in [0, 0.1) is 11.3 Å². The minimum Gasteiger partial charge on any atom is -0.321 e. The van der Waals surface area contributed by atoms with E-state index in [1.807, 2.05) is 6.07 Å². The number of para-hydroxylation sites is 1. The van der Waals surface area contributed by atoms with Gasteiger partial charge in [0.15, 0.2) is 0 Å². The maximum Gasteiger partial charge on any atom is 0.328 e. The third-order valence-corrected chi connectivity index (χ3v) is 3.83. The highest BCUT2D eigenvalue weighted by Crippen LogP contribution is 2.18. The number of hydrogen-bond donors (Lipinski definition) is 1. The Hall–Kier alpha value is -3.33. The number of benzene rings is 2. The second kappa shape index (κ2) is 5.46. The van der Waals surface area contributed by atoms with Crippen molar-refractivity contribution in [2.45, 2.75) is 0 Å². The molecule has 0 saturated carbocycles. The van der Waals surface area contributed by atoms with E-state index >= 15 is 0 Å². The molecule has 0 radical (unpaired) electrons. The zero-order chi connectivity index (χ0) is 16.6. The molecule has 0 fully saturated rings. The normalized spacial score (nSPS) is 10.5. The lowest BCUT2D eigenvalue weighted by molar-refractivity contribution is 0.102. The van der Waals surface area contributed by atoms with Gasteiger partial charge in [0.25, 0.3) is 5.91 Å². The summed E-state index contributed by atoms with van der Waals surface area (Å²) in [6.45, 7) is 0. The summed E-state index contributed by atoms with van der Waals surface area (Å²) < 4.78 is 3.03. The first-order chi connectivity index (χ1) is 11.0. The summed E-state index contributed by atoms with van der Waals surface area (Å²) in [5, 5.41) is 11.8. The van der Waals surface area contributed by atoms with Gasteiger partial charge in [-0.25, -0.2) is 4.79 Å². The van der Waals surface area contributed by atoms with E-state index in [1.54, 1.807) is 56.6 Å². The lowest BCUT2D eigenvalue weighted by Gasteiger charge is -2.07. The van der Waals surface area contributed by atoms with Crippen molar-refractivity contribution in [3.05, 3.63) is 64.1 Å². The van der Waals surface area contributed by atoms with Crippen LogP contribution in [0.4, 0.5) is 5.69 Å². The van der Waals surface area contributed by atoms with Crippen molar-refractivity contribution >= 4 is 22.6 Å². The highest BCUT2D eigenvalue weighted by Gasteiger charge is 2.13. The Labute approximate surface area is 132 Å². The Morgan fingerprint density at radius 2 is 1.78 bits per heavy atom. The van der Waals surface area contributed by atoms with Crippen LogP contribution in [0.3, 0.4) is 0 Å². The third-order valence-electron chi connectivity index (χ3n) is 3.83. The summed E-state index contributed by atoms with van der Waals surface area (Å²) in [5.74, 6) is -0.328. The fraction of sp³-hybridized carbons (Fsp3) is 0.118. The number of carbonyl (C=O) groups is 1. The number of hydrogen-bond acceptors (Lipinski definition) is 3. The van der Waals surface area contributed by atoms with Gasteiger partial charge in [-0.3, -0.25) is 13.9 Å². The molecule has 0 unspecified atom stereocenters. The standard InChI is InChI=1S/C17H14N4O2/c1-20-14-8-7-11(9-15(14)21(2)17(20)23)16(22)19-13-6-4-3-5-12(13)10-18/h3-9H,1-2H3,(H,19,22). The molecule has 1 N–H and O–H groups in total. The van der Waals surface area contributed by atoms with E-state index in [9.17, 15) is 9.59 Å². The molecule has 3 rings (SSSR count). The van der Waals surface area contributed by atoms with Crippen molar-refractivity contribution < 1.29 is 4.79 Å². The molecule has 6 heteroatoms. The number of aromatic nitrogens is 2. The zero-order valence-electron chi connectivity index (χ0n) is 12.7. The molecule has 6 nitrogen and oxygen atoms in total. The Morgan fingerprint density at radius 3 is 2.52 bits per heavy atom. The Balaban J connectivity index is 2.00. The number of rotatable bonds is 2. The summed E-state index contributed by atoms with van der Waals surface area (Å²) >= 11 is 0. The van der Waals surface area contributed by atoms with Gasteiger partial charge in [0.2, 0.25) is 0 Å². The largest absolute Gasteiger partial charge is 0.328 e. The first-order valence-electron chi connectivity index (χ1n) is 6.99. The van der Waals surface area contributed by atoms with Gasteiger partial charge in [0.05, 0.1) is 22.3 Å². The lowest BCUT2D eigenvalue weighted by atomic mass is 10.1. The molecular weight excluding hydrogens is 292 g/mol. The number of anilines is 1. The smallest absolute Gasteiger partial charge is 0.321 e. The second-order valence-corrected chi connectivity index (χ2v) is 5.22. The average Bonchev–Trinajstić information content (AvgIpc) is 2.79. The highest BCUT2D eigenvalue weighted by atomic mass is 16.2. The second-order valence-electron chi connectivity index (χ2n) is 5.22.